The molecule has 33 heavy (non-hydrogen) atoms. The highest BCUT2D eigenvalue weighted by Gasteiger charge is 2.18. The molecular weight excluding hydrogens is 472 g/mol. The summed E-state index contributed by atoms with van der Waals surface area (Å²) < 4.78 is 0. The number of nitrogens with one attached hydrogen (secondary N) is 2. The Morgan fingerprint density at radius 1 is 1.00 bits per heavy atom. The van der Waals surface area contributed by atoms with E-state index in [4.69, 9.17) is 35.2 Å². The second-order valence-corrected chi connectivity index (χ2v) is 7.26. The number of hydrogen-bond acceptors (Lipinski definition) is 9. The number of nitro benzene ring substituents is 1. The van der Waals surface area contributed by atoms with Gasteiger partial charge in [0.2, 0.25) is 11.8 Å². The van der Waals surface area contributed by atoms with E-state index in [-0.39, 0.29) is 15.7 Å². The molecule has 174 valence electrons. The van der Waals surface area contributed by atoms with Crippen LogP contribution in [0.5, 0.6) is 5.75 Å². The van der Waals surface area contributed by atoms with Crippen molar-refractivity contribution in [1.82, 2.24) is 20.9 Å². The van der Waals surface area contributed by atoms with Gasteiger partial charge >= 0.3 is 0 Å². The van der Waals surface area contributed by atoms with Gasteiger partial charge in [-0.15, -0.1) is 0 Å². The van der Waals surface area contributed by atoms with Crippen molar-refractivity contribution in [1.29, 1.82) is 0 Å². The van der Waals surface area contributed by atoms with E-state index in [1.54, 1.807) is 30.3 Å². The molecule has 2 rings (SSSR count). The summed E-state index contributed by atoms with van der Waals surface area (Å²) in [5.74, 6) is 3.88. The minimum absolute atomic E-state index is 0.134. The first-order valence-electron chi connectivity index (χ1n) is 9.15. The topological polar surface area (TPSA) is 152 Å². The molecule has 12 nitrogen and oxygen atoms in total. The number of carbonyl (C=O) groups excluding carboxylic acids is 2. The van der Waals surface area contributed by atoms with Crippen LogP contribution in [-0.4, -0.2) is 50.8 Å². The number of thiocarbonyl (C=S) groups is 2. The monoisotopic (exact) mass is 492 g/mol. The first-order valence-corrected chi connectivity index (χ1v) is 9.97. The van der Waals surface area contributed by atoms with Crippen molar-refractivity contribution < 1.29 is 24.4 Å². The molecule has 0 heterocycles. The SMILES string of the molecule is CN(NC(=O)CC(=O)NN(C)C(=S)c1cccc([N+](=O)[O-])c1)C(=S)c1cccc(OON)c1. The van der Waals surface area contributed by atoms with Gasteiger partial charge < -0.3 is 4.89 Å². The summed E-state index contributed by atoms with van der Waals surface area (Å²) >= 11 is 10.6. The molecule has 0 unspecified atom stereocenters. The fourth-order valence-corrected chi connectivity index (χ4v) is 2.92. The van der Waals surface area contributed by atoms with Crippen molar-refractivity contribution in [2.75, 3.05) is 14.1 Å². The summed E-state index contributed by atoms with van der Waals surface area (Å²) in [5, 5.41) is 13.4. The predicted octanol–water partition coefficient (Wildman–Crippen LogP) is 1.15. The van der Waals surface area contributed by atoms with Crippen molar-refractivity contribution in [2.24, 2.45) is 5.90 Å². The fourth-order valence-electron chi connectivity index (χ4n) is 2.58. The van der Waals surface area contributed by atoms with Crippen molar-refractivity contribution >= 4 is 51.9 Å². The smallest absolute Gasteiger partial charge is 0.270 e. The van der Waals surface area contributed by atoms with E-state index in [0.717, 1.165) is 0 Å². The third kappa shape index (κ3) is 7.43. The van der Waals surface area contributed by atoms with Gasteiger partial charge in [0.05, 0.1) is 4.92 Å². The zero-order valence-electron chi connectivity index (χ0n) is 17.5. The molecule has 0 radical (unpaired) electrons. The van der Waals surface area contributed by atoms with Gasteiger partial charge in [-0.2, -0.15) is 5.90 Å². The lowest BCUT2D eigenvalue weighted by Crippen LogP contribution is -2.47. The van der Waals surface area contributed by atoms with Crippen molar-refractivity contribution in [2.45, 2.75) is 6.42 Å². The molecule has 0 saturated heterocycles. The molecule has 0 aliphatic carbocycles. The maximum Gasteiger partial charge on any atom is 0.270 e. The van der Waals surface area contributed by atoms with Crippen molar-refractivity contribution in [3.8, 4) is 5.75 Å². The molecule has 0 bridgehead atoms. The zero-order chi connectivity index (χ0) is 24.5. The Bertz CT molecular complexity index is 1080. The van der Waals surface area contributed by atoms with Gasteiger partial charge in [0.25, 0.3) is 5.69 Å². The van der Waals surface area contributed by atoms with Crippen LogP contribution in [0.4, 0.5) is 5.69 Å². The second kappa shape index (κ2) is 11.8. The van der Waals surface area contributed by atoms with Crippen LogP contribution in [0.3, 0.4) is 0 Å². The maximum absolute atomic E-state index is 12.2. The molecule has 0 atom stereocenters. The summed E-state index contributed by atoms with van der Waals surface area (Å²) in [7, 11) is 2.97. The molecule has 0 fully saturated rings. The number of hydrogen-bond donors (Lipinski definition) is 3. The van der Waals surface area contributed by atoms with Crippen LogP contribution in [0, 0.1) is 10.1 Å². The van der Waals surface area contributed by atoms with E-state index in [2.05, 4.69) is 15.8 Å². The van der Waals surface area contributed by atoms with Gasteiger partial charge in [0.1, 0.15) is 16.4 Å². The Morgan fingerprint density at radius 3 is 2.03 bits per heavy atom. The minimum atomic E-state index is -0.655. The average molecular weight is 493 g/mol. The van der Waals surface area contributed by atoms with E-state index in [1.807, 2.05) is 0 Å². The molecule has 0 saturated carbocycles. The normalized spacial score (nSPS) is 10.0. The van der Waals surface area contributed by atoms with E-state index in [9.17, 15) is 19.7 Å². The molecule has 14 heteroatoms. The van der Waals surface area contributed by atoms with Crippen LogP contribution < -0.4 is 21.6 Å². The molecule has 2 aromatic rings. The highest BCUT2D eigenvalue weighted by molar-refractivity contribution is 7.80. The maximum atomic E-state index is 12.2. The van der Waals surface area contributed by atoms with E-state index >= 15 is 0 Å². The third-order valence-corrected chi connectivity index (χ3v) is 5.06. The van der Waals surface area contributed by atoms with Crippen LogP contribution >= 0.6 is 24.4 Å². The van der Waals surface area contributed by atoms with Crippen LogP contribution in [-0.2, 0) is 14.6 Å². The standard InChI is InChI=1S/C19H20N6O6S2/c1-23(18(32)12-5-3-7-14(9-12)25(28)29)21-16(26)11-17(27)22-24(2)19(33)13-6-4-8-15(10-13)30-31-20/h3-10H,11,20H2,1-2H3,(H,21,26)(H,22,27). The number of non-ortho nitro benzene ring substituents is 1. The highest BCUT2D eigenvalue weighted by Crippen LogP contribution is 2.16. The first-order chi connectivity index (χ1) is 15.6. The van der Waals surface area contributed by atoms with Crippen molar-refractivity contribution in [3.05, 3.63) is 69.8 Å². The van der Waals surface area contributed by atoms with Gasteiger partial charge in [-0.05, 0) is 12.1 Å². The number of hydrazine groups is 2. The number of rotatable bonds is 7. The zero-order valence-corrected chi connectivity index (χ0v) is 19.1. The quantitative estimate of drug-likeness (QED) is 0.168. The predicted molar refractivity (Wildman–Crippen MR) is 125 cm³/mol. The molecule has 0 aliphatic heterocycles. The molecule has 2 amide bonds. The van der Waals surface area contributed by atoms with E-state index < -0.39 is 23.2 Å². The van der Waals surface area contributed by atoms with Gasteiger partial charge in [0.15, 0.2) is 5.75 Å². The number of amides is 2. The number of carbonyl (C=O) groups is 2. The highest BCUT2D eigenvalue weighted by atomic mass is 32.1. The largest absolute Gasteiger partial charge is 0.320 e. The Morgan fingerprint density at radius 2 is 1.52 bits per heavy atom. The van der Waals surface area contributed by atoms with Crippen LogP contribution in [0.15, 0.2) is 48.5 Å². The molecule has 4 N–H and O–H groups in total. The molecule has 0 aliphatic rings. The molecule has 0 aromatic heterocycles. The fraction of sp³-hybridized carbons (Fsp3) is 0.158. The summed E-state index contributed by atoms with van der Waals surface area (Å²) in [5.41, 5.74) is 5.69. The Kier molecular flexibility index (Phi) is 9.11. The lowest BCUT2D eigenvalue weighted by atomic mass is 10.2. The Labute approximate surface area is 199 Å². The van der Waals surface area contributed by atoms with Gasteiger partial charge in [-0.3, -0.25) is 40.6 Å². The van der Waals surface area contributed by atoms with Crippen LogP contribution in [0.1, 0.15) is 17.5 Å². The molecule has 2 aromatic carbocycles. The van der Waals surface area contributed by atoms with Crippen molar-refractivity contribution in [3.63, 3.8) is 0 Å². The van der Waals surface area contributed by atoms with E-state index in [0.29, 0.717) is 16.9 Å². The third-order valence-electron chi connectivity index (χ3n) is 4.04. The van der Waals surface area contributed by atoms with Gasteiger partial charge in [-0.25, -0.2) is 0 Å². The van der Waals surface area contributed by atoms with Gasteiger partial charge in [0, 0.05) is 37.4 Å². The minimum Gasteiger partial charge on any atom is -0.320 e. The summed E-state index contributed by atoms with van der Waals surface area (Å²) in [4.78, 5) is 44.1. The van der Waals surface area contributed by atoms with E-state index in [1.165, 1.54) is 42.3 Å². The molecule has 0 spiro atoms. The Balaban J connectivity index is 1.90. The average Bonchev–Trinajstić information content (AvgIpc) is 2.78. The molecular formula is C19H20N6O6S2. The number of nitrogens with two attached hydrogens (primary N) is 1. The second-order valence-electron chi connectivity index (χ2n) is 6.49. The number of nitro groups is 1. The summed E-state index contributed by atoms with van der Waals surface area (Å²) in [6.07, 6.45) is -0.529. The Hall–Kier alpha value is -3.72. The number of nitrogens with zero attached hydrogens (tertiary/aromatic N) is 3. The van der Waals surface area contributed by atoms with Crippen LogP contribution in [0.25, 0.3) is 0 Å². The van der Waals surface area contributed by atoms with Crippen LogP contribution in [0.2, 0.25) is 0 Å². The van der Waals surface area contributed by atoms with Gasteiger partial charge in [-0.1, -0.05) is 53.7 Å². The lowest BCUT2D eigenvalue weighted by Gasteiger charge is -2.23. The summed E-state index contributed by atoms with van der Waals surface area (Å²) in [6.45, 7) is 0. The first kappa shape index (κ1) is 25.5. The lowest BCUT2D eigenvalue weighted by molar-refractivity contribution is -0.384. The summed E-state index contributed by atoms with van der Waals surface area (Å²) in [6, 6.07) is 12.1. The number of benzene rings is 2.